The van der Waals surface area contributed by atoms with Gasteiger partial charge in [0.2, 0.25) is 11.8 Å². The lowest BCUT2D eigenvalue weighted by Gasteiger charge is -2.33. The molecule has 9 heteroatoms. The molecule has 0 aromatic heterocycles. The number of ether oxygens (including phenoxy) is 1. The summed E-state index contributed by atoms with van der Waals surface area (Å²) in [5, 5.41) is 2.80. The monoisotopic (exact) mass is 537 g/mol. The summed E-state index contributed by atoms with van der Waals surface area (Å²) < 4.78 is 34.6. The lowest BCUT2D eigenvalue weighted by atomic mass is 10.1. The number of amides is 2. The minimum Gasteiger partial charge on any atom is -0.492 e. The van der Waals surface area contributed by atoms with Crippen molar-refractivity contribution in [3.63, 3.8) is 0 Å². The molecule has 0 saturated heterocycles. The Kier molecular flexibility index (Phi) is 10.3. The largest absolute Gasteiger partial charge is 0.492 e. The van der Waals surface area contributed by atoms with E-state index in [9.17, 15) is 18.0 Å². The maximum Gasteiger partial charge on any atom is 0.264 e. The van der Waals surface area contributed by atoms with Gasteiger partial charge in [-0.05, 0) is 50.1 Å². The highest BCUT2D eigenvalue weighted by molar-refractivity contribution is 7.92. The predicted octanol–water partition coefficient (Wildman–Crippen LogP) is 4.22. The van der Waals surface area contributed by atoms with E-state index in [-0.39, 0.29) is 23.0 Å². The van der Waals surface area contributed by atoms with Crippen molar-refractivity contribution < 1.29 is 22.7 Å². The van der Waals surface area contributed by atoms with Crippen LogP contribution in [0.4, 0.5) is 5.69 Å². The molecule has 0 bridgehead atoms. The Morgan fingerprint density at radius 1 is 0.868 bits per heavy atom. The molecular formula is C29H35N3O5S. The molecule has 1 N–H and O–H groups in total. The number of hydrogen-bond donors (Lipinski definition) is 1. The van der Waals surface area contributed by atoms with Gasteiger partial charge in [-0.3, -0.25) is 13.9 Å². The van der Waals surface area contributed by atoms with Gasteiger partial charge >= 0.3 is 0 Å². The summed E-state index contributed by atoms with van der Waals surface area (Å²) in [7, 11) is -4.15. The fourth-order valence-electron chi connectivity index (χ4n) is 4.17. The van der Waals surface area contributed by atoms with Gasteiger partial charge in [-0.15, -0.1) is 0 Å². The zero-order chi connectivity index (χ0) is 27.5. The van der Waals surface area contributed by atoms with Crippen LogP contribution in [-0.4, -0.2) is 50.9 Å². The number of sulfonamides is 1. The third kappa shape index (κ3) is 6.92. The van der Waals surface area contributed by atoms with Crippen LogP contribution in [-0.2, 0) is 26.2 Å². The van der Waals surface area contributed by atoms with Crippen molar-refractivity contribution in [1.29, 1.82) is 0 Å². The van der Waals surface area contributed by atoms with E-state index in [0.717, 1.165) is 9.87 Å². The molecule has 0 spiro atoms. The maximum absolute atomic E-state index is 14.0. The Hall–Kier alpha value is -3.85. The van der Waals surface area contributed by atoms with E-state index in [1.165, 1.54) is 17.0 Å². The van der Waals surface area contributed by atoms with Gasteiger partial charge in [-0.1, -0.05) is 67.6 Å². The molecule has 202 valence electrons. The average molecular weight is 538 g/mol. The fourth-order valence-corrected chi connectivity index (χ4v) is 5.61. The molecule has 3 aromatic carbocycles. The number of nitrogens with one attached hydrogen (secondary N) is 1. The number of benzene rings is 3. The van der Waals surface area contributed by atoms with E-state index in [0.29, 0.717) is 25.3 Å². The predicted molar refractivity (Wildman–Crippen MR) is 148 cm³/mol. The van der Waals surface area contributed by atoms with Gasteiger partial charge in [0.1, 0.15) is 18.3 Å². The van der Waals surface area contributed by atoms with Gasteiger partial charge in [0.25, 0.3) is 10.0 Å². The van der Waals surface area contributed by atoms with Gasteiger partial charge < -0.3 is 15.0 Å². The highest BCUT2D eigenvalue weighted by atomic mass is 32.2. The number of hydrogen-bond acceptors (Lipinski definition) is 5. The number of anilines is 1. The number of carbonyl (C=O) groups is 2. The number of rotatable bonds is 13. The van der Waals surface area contributed by atoms with Crippen molar-refractivity contribution >= 4 is 27.5 Å². The van der Waals surface area contributed by atoms with Crippen LogP contribution in [0, 0.1) is 0 Å². The molecular weight excluding hydrogens is 502 g/mol. The quantitative estimate of drug-likeness (QED) is 0.352. The third-order valence-electron chi connectivity index (χ3n) is 5.98. The first kappa shape index (κ1) is 28.7. The SMILES string of the molecule is CCNC(=O)C(CC)N(Cc1ccccc1)C(=O)CN(c1ccccc1OCC)S(=O)(=O)c1ccccc1. The third-order valence-corrected chi connectivity index (χ3v) is 7.75. The summed E-state index contributed by atoms with van der Waals surface area (Å²) in [5.74, 6) is -0.447. The fraction of sp³-hybridized carbons (Fsp3) is 0.310. The van der Waals surface area contributed by atoms with Gasteiger partial charge in [0, 0.05) is 13.1 Å². The Morgan fingerprint density at radius 2 is 1.47 bits per heavy atom. The average Bonchev–Trinajstić information content (AvgIpc) is 2.93. The molecule has 0 heterocycles. The van der Waals surface area contributed by atoms with Crippen LogP contribution in [0.25, 0.3) is 0 Å². The first-order valence-electron chi connectivity index (χ1n) is 12.7. The minimum atomic E-state index is -4.15. The van der Waals surface area contributed by atoms with Crippen LogP contribution in [0.3, 0.4) is 0 Å². The minimum absolute atomic E-state index is 0.0458. The Labute approximate surface area is 225 Å². The van der Waals surface area contributed by atoms with Crippen LogP contribution >= 0.6 is 0 Å². The summed E-state index contributed by atoms with van der Waals surface area (Å²) in [6.07, 6.45) is 0.366. The zero-order valence-corrected chi connectivity index (χ0v) is 22.9. The molecule has 0 radical (unpaired) electrons. The zero-order valence-electron chi connectivity index (χ0n) is 22.0. The molecule has 3 rings (SSSR count). The van der Waals surface area contributed by atoms with Crippen molar-refractivity contribution in [2.75, 3.05) is 24.0 Å². The van der Waals surface area contributed by atoms with Gasteiger partial charge in [-0.25, -0.2) is 8.42 Å². The topological polar surface area (TPSA) is 96.0 Å². The van der Waals surface area contributed by atoms with Crippen LogP contribution in [0.15, 0.2) is 89.8 Å². The highest BCUT2D eigenvalue weighted by Gasteiger charge is 2.34. The van der Waals surface area contributed by atoms with Crippen molar-refractivity contribution in [2.45, 2.75) is 44.7 Å². The van der Waals surface area contributed by atoms with Crippen molar-refractivity contribution in [2.24, 2.45) is 0 Å². The Morgan fingerprint density at radius 3 is 2.08 bits per heavy atom. The lowest BCUT2D eigenvalue weighted by Crippen LogP contribution is -2.52. The number of likely N-dealkylation sites (N-methyl/N-ethyl adjacent to an activating group) is 1. The molecule has 0 saturated carbocycles. The first-order valence-corrected chi connectivity index (χ1v) is 14.2. The molecule has 38 heavy (non-hydrogen) atoms. The molecule has 2 amide bonds. The van der Waals surface area contributed by atoms with Crippen LogP contribution < -0.4 is 14.4 Å². The summed E-state index contributed by atoms with van der Waals surface area (Å²) in [4.78, 5) is 28.5. The number of para-hydroxylation sites is 2. The molecule has 1 atom stereocenters. The lowest BCUT2D eigenvalue weighted by molar-refractivity contribution is -0.140. The maximum atomic E-state index is 14.0. The van der Waals surface area contributed by atoms with Gasteiger partial charge in [0.05, 0.1) is 17.2 Å². The van der Waals surface area contributed by atoms with E-state index in [1.807, 2.05) is 44.2 Å². The smallest absolute Gasteiger partial charge is 0.264 e. The van der Waals surface area contributed by atoms with Crippen molar-refractivity contribution in [1.82, 2.24) is 10.2 Å². The molecule has 0 fully saturated rings. The molecule has 1 unspecified atom stereocenters. The molecule has 3 aromatic rings. The standard InChI is InChI=1S/C29H35N3O5S/c1-4-25(29(34)30-5-2)31(21-23-15-9-7-10-16-23)28(33)22-32(26-19-13-14-20-27(26)37-6-3)38(35,36)24-17-11-8-12-18-24/h7-20,25H,4-6,21-22H2,1-3H3,(H,30,34). The van der Waals surface area contributed by atoms with E-state index in [2.05, 4.69) is 5.32 Å². The van der Waals surface area contributed by atoms with E-state index in [1.54, 1.807) is 49.4 Å². The summed E-state index contributed by atoms with van der Waals surface area (Å²) in [6.45, 7) is 5.82. The van der Waals surface area contributed by atoms with Gasteiger partial charge in [0.15, 0.2) is 0 Å². The van der Waals surface area contributed by atoms with Crippen LogP contribution in [0.1, 0.15) is 32.8 Å². The normalized spacial score (nSPS) is 11.9. The van der Waals surface area contributed by atoms with E-state index < -0.39 is 28.5 Å². The van der Waals surface area contributed by atoms with Crippen molar-refractivity contribution in [3.8, 4) is 5.75 Å². The van der Waals surface area contributed by atoms with E-state index >= 15 is 0 Å². The molecule has 8 nitrogen and oxygen atoms in total. The second-order valence-corrected chi connectivity index (χ2v) is 10.4. The first-order chi connectivity index (χ1) is 18.3. The van der Waals surface area contributed by atoms with Crippen LogP contribution in [0.2, 0.25) is 0 Å². The summed E-state index contributed by atoms with van der Waals surface area (Å²) in [5.41, 5.74) is 1.08. The molecule has 0 aliphatic rings. The summed E-state index contributed by atoms with van der Waals surface area (Å²) in [6, 6.07) is 23.2. The second-order valence-electron chi connectivity index (χ2n) is 8.55. The van der Waals surface area contributed by atoms with Gasteiger partial charge in [-0.2, -0.15) is 0 Å². The number of carbonyl (C=O) groups excluding carboxylic acids is 2. The molecule has 0 aliphatic heterocycles. The number of nitrogens with zero attached hydrogens (tertiary/aromatic N) is 2. The molecule has 0 aliphatic carbocycles. The van der Waals surface area contributed by atoms with Crippen LogP contribution in [0.5, 0.6) is 5.75 Å². The summed E-state index contributed by atoms with van der Waals surface area (Å²) >= 11 is 0. The second kappa shape index (κ2) is 13.6. The highest BCUT2D eigenvalue weighted by Crippen LogP contribution is 2.33. The Balaban J connectivity index is 2.09. The Bertz CT molecular complexity index is 1300. The van der Waals surface area contributed by atoms with Crippen molar-refractivity contribution in [3.05, 3.63) is 90.5 Å². The van der Waals surface area contributed by atoms with E-state index in [4.69, 9.17) is 4.74 Å².